The minimum Gasteiger partial charge on any atom is -0.507 e. The Hall–Kier alpha value is -2.81. The van der Waals surface area contributed by atoms with Crippen LogP contribution in [0.2, 0.25) is 0 Å². The van der Waals surface area contributed by atoms with Crippen molar-refractivity contribution < 1.29 is 19.2 Å². The average molecular weight is 258 g/mol. The molecule has 96 valence electrons. The van der Waals surface area contributed by atoms with Gasteiger partial charge < -0.3 is 14.4 Å². The summed E-state index contributed by atoms with van der Waals surface area (Å²) in [6.45, 7) is 1.93. The number of hydrogen-bond acceptors (Lipinski definition) is 6. The monoisotopic (exact) mass is 258 g/mol. The summed E-state index contributed by atoms with van der Waals surface area (Å²) in [5.41, 5.74) is 1.08. The molecule has 0 saturated carbocycles. The number of aromatic nitrogens is 1. The number of aromatic hydroxyl groups is 1. The van der Waals surface area contributed by atoms with Gasteiger partial charge in [-0.05, 0) is 25.1 Å². The van der Waals surface area contributed by atoms with E-state index in [0.717, 1.165) is 0 Å². The third kappa shape index (κ3) is 2.55. The number of nitriles is 1. The van der Waals surface area contributed by atoms with Gasteiger partial charge in [0, 0.05) is 11.6 Å². The van der Waals surface area contributed by atoms with E-state index in [9.17, 15) is 9.90 Å². The molecular formula is C13H10N2O4. The fraction of sp³-hybridized carbons (Fsp3) is 0.154. The number of carbonyl (C=O) groups excluding carboxylic acids is 1. The number of carbonyl (C=O) groups is 1. The van der Waals surface area contributed by atoms with E-state index in [4.69, 9.17) is 14.5 Å². The number of phenolic OH excluding ortho intramolecular Hbond substituents is 1. The van der Waals surface area contributed by atoms with Gasteiger partial charge in [-0.15, -0.1) is 0 Å². The largest absolute Gasteiger partial charge is 0.507 e. The lowest BCUT2D eigenvalue weighted by atomic mass is 10.1. The summed E-state index contributed by atoms with van der Waals surface area (Å²) in [6, 6.07) is 7.69. The maximum absolute atomic E-state index is 11.4. The highest BCUT2D eigenvalue weighted by Crippen LogP contribution is 2.25. The Kier molecular flexibility index (Phi) is 3.48. The predicted molar refractivity (Wildman–Crippen MR) is 64.3 cm³/mol. The molecular weight excluding hydrogens is 248 g/mol. The summed E-state index contributed by atoms with van der Waals surface area (Å²) in [6.07, 6.45) is 0. The van der Waals surface area contributed by atoms with Crippen molar-refractivity contribution in [2.24, 2.45) is 0 Å². The Balaban J connectivity index is 2.33. The van der Waals surface area contributed by atoms with Crippen LogP contribution in [0.25, 0.3) is 11.3 Å². The maximum atomic E-state index is 11.4. The van der Waals surface area contributed by atoms with Gasteiger partial charge in [0.1, 0.15) is 17.5 Å². The van der Waals surface area contributed by atoms with Crippen LogP contribution in [-0.4, -0.2) is 22.8 Å². The number of esters is 1. The fourth-order valence-corrected chi connectivity index (χ4v) is 1.49. The summed E-state index contributed by atoms with van der Waals surface area (Å²) in [5.74, 6) is -0.718. The average Bonchev–Trinajstić information content (AvgIpc) is 2.89. The summed E-state index contributed by atoms with van der Waals surface area (Å²) in [7, 11) is 0. The van der Waals surface area contributed by atoms with Crippen LogP contribution in [0.15, 0.2) is 28.8 Å². The second-order valence-corrected chi connectivity index (χ2v) is 3.64. The van der Waals surface area contributed by atoms with Crippen LogP contribution >= 0.6 is 0 Å². The van der Waals surface area contributed by atoms with Crippen molar-refractivity contribution in [3.8, 4) is 23.1 Å². The molecule has 2 rings (SSSR count). The second kappa shape index (κ2) is 5.23. The number of ether oxygens (including phenoxy) is 1. The van der Waals surface area contributed by atoms with Crippen LogP contribution in [0, 0.1) is 11.3 Å². The van der Waals surface area contributed by atoms with Crippen molar-refractivity contribution in [2.75, 3.05) is 6.61 Å². The molecule has 0 unspecified atom stereocenters. The van der Waals surface area contributed by atoms with Gasteiger partial charge in [-0.2, -0.15) is 5.26 Å². The summed E-state index contributed by atoms with van der Waals surface area (Å²) in [5, 5.41) is 22.0. The topological polar surface area (TPSA) is 96.3 Å². The van der Waals surface area contributed by atoms with Gasteiger partial charge in [0.15, 0.2) is 0 Å². The lowest BCUT2D eigenvalue weighted by Crippen LogP contribution is -2.02. The van der Waals surface area contributed by atoms with Crippen LogP contribution in [0.4, 0.5) is 0 Å². The standard InChI is InChI=1S/C13H10N2O4/c1-2-18-13(17)12-6-10(15-19-12)8-3-4-11(16)9(5-8)7-14/h3-6,16H,2H2,1H3. The van der Waals surface area contributed by atoms with E-state index in [2.05, 4.69) is 5.16 Å². The summed E-state index contributed by atoms with van der Waals surface area (Å²) in [4.78, 5) is 11.4. The van der Waals surface area contributed by atoms with Crippen molar-refractivity contribution in [3.63, 3.8) is 0 Å². The van der Waals surface area contributed by atoms with Crippen LogP contribution in [0.5, 0.6) is 5.75 Å². The molecule has 0 aliphatic carbocycles. The first-order valence-corrected chi connectivity index (χ1v) is 5.53. The van der Waals surface area contributed by atoms with E-state index in [1.54, 1.807) is 13.0 Å². The van der Waals surface area contributed by atoms with E-state index in [1.165, 1.54) is 18.2 Å². The van der Waals surface area contributed by atoms with Crippen LogP contribution in [0.1, 0.15) is 23.0 Å². The minimum atomic E-state index is -0.597. The molecule has 0 atom stereocenters. The molecule has 0 amide bonds. The third-order valence-corrected chi connectivity index (χ3v) is 2.40. The van der Waals surface area contributed by atoms with E-state index < -0.39 is 5.97 Å². The highest BCUT2D eigenvalue weighted by atomic mass is 16.6. The second-order valence-electron chi connectivity index (χ2n) is 3.64. The number of benzene rings is 1. The number of rotatable bonds is 3. The molecule has 0 spiro atoms. The summed E-state index contributed by atoms with van der Waals surface area (Å²) < 4.78 is 9.64. The zero-order valence-corrected chi connectivity index (χ0v) is 10.1. The molecule has 0 aliphatic rings. The van der Waals surface area contributed by atoms with Crippen molar-refractivity contribution in [3.05, 3.63) is 35.6 Å². The van der Waals surface area contributed by atoms with Gasteiger partial charge in [-0.3, -0.25) is 0 Å². The Labute approximate surface area is 108 Å². The quantitative estimate of drug-likeness (QED) is 0.847. The van der Waals surface area contributed by atoms with Crippen molar-refractivity contribution >= 4 is 5.97 Å². The van der Waals surface area contributed by atoms with Gasteiger partial charge in [-0.1, -0.05) is 5.16 Å². The molecule has 2 aromatic rings. The predicted octanol–water partition coefficient (Wildman–Crippen LogP) is 2.10. The molecule has 6 heteroatoms. The first kappa shape index (κ1) is 12.6. The molecule has 0 saturated heterocycles. The first-order valence-electron chi connectivity index (χ1n) is 5.53. The van der Waals surface area contributed by atoms with Crippen molar-refractivity contribution in [1.82, 2.24) is 5.16 Å². The molecule has 0 radical (unpaired) electrons. The van der Waals surface area contributed by atoms with E-state index >= 15 is 0 Å². The fourth-order valence-electron chi connectivity index (χ4n) is 1.49. The Morgan fingerprint density at radius 2 is 2.32 bits per heavy atom. The van der Waals surface area contributed by atoms with Gasteiger partial charge in [0.2, 0.25) is 5.76 Å². The highest BCUT2D eigenvalue weighted by molar-refractivity contribution is 5.87. The molecule has 6 nitrogen and oxygen atoms in total. The van der Waals surface area contributed by atoms with Crippen LogP contribution < -0.4 is 0 Å². The highest BCUT2D eigenvalue weighted by Gasteiger charge is 2.15. The molecule has 0 aliphatic heterocycles. The lowest BCUT2D eigenvalue weighted by molar-refractivity contribution is 0.0480. The maximum Gasteiger partial charge on any atom is 0.377 e. The normalized spacial score (nSPS) is 9.89. The number of phenols is 1. The third-order valence-electron chi connectivity index (χ3n) is 2.40. The van der Waals surface area contributed by atoms with E-state index in [1.807, 2.05) is 6.07 Å². The van der Waals surface area contributed by atoms with Gasteiger partial charge in [-0.25, -0.2) is 4.79 Å². The molecule has 1 heterocycles. The molecule has 19 heavy (non-hydrogen) atoms. The summed E-state index contributed by atoms with van der Waals surface area (Å²) >= 11 is 0. The van der Waals surface area contributed by atoms with E-state index in [-0.39, 0.29) is 23.7 Å². The van der Waals surface area contributed by atoms with Crippen LogP contribution in [0.3, 0.4) is 0 Å². The smallest absolute Gasteiger partial charge is 0.377 e. The van der Waals surface area contributed by atoms with Gasteiger partial charge in [0.25, 0.3) is 0 Å². The van der Waals surface area contributed by atoms with E-state index in [0.29, 0.717) is 11.3 Å². The Morgan fingerprint density at radius 1 is 1.53 bits per heavy atom. The lowest BCUT2D eigenvalue weighted by Gasteiger charge is -1.98. The van der Waals surface area contributed by atoms with Crippen molar-refractivity contribution in [1.29, 1.82) is 5.26 Å². The molecule has 0 fully saturated rings. The SMILES string of the molecule is CCOC(=O)c1cc(-c2ccc(O)c(C#N)c2)no1. The van der Waals surface area contributed by atoms with Crippen LogP contribution in [-0.2, 0) is 4.74 Å². The number of hydrogen-bond donors (Lipinski definition) is 1. The van der Waals surface area contributed by atoms with Crippen molar-refractivity contribution in [2.45, 2.75) is 6.92 Å². The van der Waals surface area contributed by atoms with Gasteiger partial charge >= 0.3 is 5.97 Å². The zero-order valence-electron chi connectivity index (χ0n) is 10.1. The Morgan fingerprint density at radius 3 is 3.00 bits per heavy atom. The Bertz CT molecular complexity index is 655. The molecule has 1 N–H and O–H groups in total. The molecule has 1 aromatic heterocycles. The molecule has 0 bridgehead atoms. The zero-order chi connectivity index (χ0) is 13.8. The minimum absolute atomic E-state index is 0.0107. The molecule has 1 aromatic carbocycles. The van der Waals surface area contributed by atoms with Gasteiger partial charge in [0.05, 0.1) is 12.2 Å². The first-order chi connectivity index (χ1) is 9.15. The number of nitrogens with zero attached hydrogens (tertiary/aromatic N) is 2.